The summed E-state index contributed by atoms with van der Waals surface area (Å²) in [6.45, 7) is 0.766. The van der Waals surface area contributed by atoms with Crippen molar-refractivity contribution in [1.82, 2.24) is 14.5 Å². The molecule has 3 aromatic rings. The summed E-state index contributed by atoms with van der Waals surface area (Å²) in [5, 5.41) is 0. The van der Waals surface area contributed by atoms with Gasteiger partial charge in [0.2, 0.25) is 0 Å². The summed E-state index contributed by atoms with van der Waals surface area (Å²) >= 11 is 7.31. The molecule has 0 radical (unpaired) electrons. The minimum Gasteiger partial charge on any atom is -0.329 e. The molecule has 0 unspecified atom stereocenters. The molecule has 3 heterocycles. The number of carbonyl (C=O) groups is 1. The molecular weight excluding hydrogens is 330 g/mol. The Labute approximate surface area is 143 Å². The van der Waals surface area contributed by atoms with E-state index >= 15 is 0 Å². The van der Waals surface area contributed by atoms with Crippen molar-refractivity contribution in [2.24, 2.45) is 7.05 Å². The summed E-state index contributed by atoms with van der Waals surface area (Å²) in [4.78, 5) is 20.2. The molecule has 23 heavy (non-hydrogen) atoms. The third-order valence-corrected chi connectivity index (χ3v) is 5.64. The topological polar surface area (TPSA) is 38.1 Å². The zero-order valence-corrected chi connectivity index (χ0v) is 14.3. The highest BCUT2D eigenvalue weighted by Gasteiger charge is 2.34. The van der Waals surface area contributed by atoms with Gasteiger partial charge in [-0.05, 0) is 37.1 Å². The zero-order chi connectivity index (χ0) is 16.0. The first kappa shape index (κ1) is 14.7. The van der Waals surface area contributed by atoms with Crippen LogP contribution in [0.4, 0.5) is 0 Å². The molecule has 1 fully saturated rings. The lowest BCUT2D eigenvalue weighted by molar-refractivity contribution is 0.0733. The lowest BCUT2D eigenvalue weighted by Crippen LogP contribution is -2.31. The number of amides is 1. The largest absolute Gasteiger partial charge is 0.329 e. The van der Waals surface area contributed by atoms with Crippen LogP contribution in [0, 0.1) is 0 Å². The van der Waals surface area contributed by atoms with E-state index in [2.05, 4.69) is 10.6 Å². The van der Waals surface area contributed by atoms with Gasteiger partial charge in [0.15, 0.2) is 0 Å². The standard InChI is InChI=1S/C17H16ClN3OS/c1-20-12-6-3-2-5-11(12)19-16(20)13-7-4-10-21(13)17(22)14-8-9-15(18)23-14/h2-3,5-6,8-9,13H,4,7,10H2,1H3/t13-/m0/s1. The number of likely N-dealkylation sites (tertiary alicyclic amines) is 1. The van der Waals surface area contributed by atoms with Crippen molar-refractivity contribution in [3.05, 3.63) is 51.4 Å². The summed E-state index contributed by atoms with van der Waals surface area (Å²) in [6, 6.07) is 11.7. The Hall–Kier alpha value is -1.85. The number of thiophene rings is 1. The molecule has 0 bridgehead atoms. The van der Waals surface area contributed by atoms with Crippen molar-refractivity contribution in [1.29, 1.82) is 0 Å². The molecule has 1 atom stereocenters. The summed E-state index contributed by atoms with van der Waals surface area (Å²) in [7, 11) is 2.02. The van der Waals surface area contributed by atoms with Gasteiger partial charge < -0.3 is 9.47 Å². The number of carbonyl (C=O) groups excluding carboxylic acids is 1. The number of aryl methyl sites for hydroxylation is 1. The second-order valence-corrected chi connectivity index (χ2v) is 7.49. The Morgan fingerprint density at radius 1 is 1.30 bits per heavy atom. The molecule has 1 aliphatic rings. The number of halogens is 1. The van der Waals surface area contributed by atoms with E-state index in [1.54, 1.807) is 12.1 Å². The van der Waals surface area contributed by atoms with E-state index in [0.717, 1.165) is 36.2 Å². The van der Waals surface area contributed by atoms with Gasteiger partial charge in [0.1, 0.15) is 5.82 Å². The van der Waals surface area contributed by atoms with Crippen LogP contribution in [-0.4, -0.2) is 26.9 Å². The number of nitrogens with zero attached hydrogens (tertiary/aromatic N) is 3. The van der Waals surface area contributed by atoms with Crippen LogP contribution in [0.15, 0.2) is 36.4 Å². The van der Waals surface area contributed by atoms with Crippen LogP contribution in [0.25, 0.3) is 11.0 Å². The molecule has 1 aromatic carbocycles. The van der Waals surface area contributed by atoms with Crippen LogP contribution >= 0.6 is 22.9 Å². The number of imidazole rings is 1. The zero-order valence-electron chi connectivity index (χ0n) is 12.7. The Bertz CT molecular complexity index is 885. The normalized spacial score (nSPS) is 18.0. The van der Waals surface area contributed by atoms with Gasteiger partial charge in [-0.25, -0.2) is 4.98 Å². The van der Waals surface area contributed by atoms with Gasteiger partial charge >= 0.3 is 0 Å². The van der Waals surface area contributed by atoms with Crippen LogP contribution in [-0.2, 0) is 7.05 Å². The van der Waals surface area contributed by atoms with Gasteiger partial charge in [-0.1, -0.05) is 23.7 Å². The van der Waals surface area contributed by atoms with E-state index in [0.29, 0.717) is 9.21 Å². The number of aromatic nitrogens is 2. The molecule has 0 N–H and O–H groups in total. The molecule has 0 spiro atoms. The predicted octanol–water partition coefficient (Wildman–Crippen LogP) is 4.27. The first-order chi connectivity index (χ1) is 11.1. The quantitative estimate of drug-likeness (QED) is 0.695. The third-order valence-electron chi connectivity index (χ3n) is 4.42. The van der Waals surface area contributed by atoms with Crippen LogP contribution in [0.3, 0.4) is 0 Å². The molecule has 6 heteroatoms. The van der Waals surface area contributed by atoms with Gasteiger partial charge in [-0.2, -0.15) is 0 Å². The average molecular weight is 346 g/mol. The summed E-state index contributed by atoms with van der Waals surface area (Å²) in [5.41, 5.74) is 2.07. The van der Waals surface area contributed by atoms with Crippen molar-refractivity contribution in [2.75, 3.05) is 6.54 Å². The second kappa shape index (κ2) is 5.65. The fourth-order valence-electron chi connectivity index (χ4n) is 3.31. The van der Waals surface area contributed by atoms with Crippen LogP contribution in [0.2, 0.25) is 4.34 Å². The Kier molecular flexibility index (Phi) is 3.62. The summed E-state index contributed by atoms with van der Waals surface area (Å²) in [6.07, 6.45) is 1.95. The molecule has 118 valence electrons. The molecule has 1 aliphatic heterocycles. The predicted molar refractivity (Wildman–Crippen MR) is 93.1 cm³/mol. The van der Waals surface area contributed by atoms with Crippen molar-refractivity contribution >= 4 is 39.9 Å². The van der Waals surface area contributed by atoms with Crippen molar-refractivity contribution in [3.8, 4) is 0 Å². The minimum absolute atomic E-state index is 0.0285. The smallest absolute Gasteiger partial charge is 0.264 e. The van der Waals surface area contributed by atoms with E-state index in [4.69, 9.17) is 16.6 Å². The fraction of sp³-hybridized carbons (Fsp3) is 0.294. The SMILES string of the molecule is Cn1c([C@@H]2CCCN2C(=O)c2ccc(Cl)s2)nc2ccccc21. The van der Waals surface area contributed by atoms with Crippen LogP contribution in [0.5, 0.6) is 0 Å². The Morgan fingerprint density at radius 2 is 2.13 bits per heavy atom. The fourth-order valence-corrected chi connectivity index (χ4v) is 4.31. The molecule has 2 aromatic heterocycles. The first-order valence-corrected chi connectivity index (χ1v) is 8.82. The lowest BCUT2D eigenvalue weighted by Gasteiger charge is -2.23. The Morgan fingerprint density at radius 3 is 2.87 bits per heavy atom. The van der Waals surface area contributed by atoms with Crippen molar-refractivity contribution in [2.45, 2.75) is 18.9 Å². The number of hydrogen-bond donors (Lipinski definition) is 0. The van der Waals surface area contributed by atoms with E-state index in [1.165, 1.54) is 11.3 Å². The summed E-state index contributed by atoms with van der Waals surface area (Å²) < 4.78 is 2.75. The molecule has 0 aliphatic carbocycles. The third kappa shape index (κ3) is 2.44. The van der Waals surface area contributed by atoms with Gasteiger partial charge in [0, 0.05) is 13.6 Å². The molecular formula is C17H16ClN3OS. The molecule has 4 rings (SSSR count). The van der Waals surface area contributed by atoms with Crippen LogP contribution in [0.1, 0.15) is 34.4 Å². The van der Waals surface area contributed by atoms with Gasteiger partial charge in [-0.3, -0.25) is 4.79 Å². The van der Waals surface area contributed by atoms with E-state index < -0.39 is 0 Å². The van der Waals surface area contributed by atoms with Gasteiger partial charge in [0.05, 0.1) is 26.3 Å². The number of fused-ring (bicyclic) bond motifs is 1. The number of para-hydroxylation sites is 2. The maximum Gasteiger partial charge on any atom is 0.264 e. The monoisotopic (exact) mass is 345 g/mol. The molecule has 0 saturated carbocycles. The first-order valence-electron chi connectivity index (χ1n) is 7.63. The molecule has 1 amide bonds. The van der Waals surface area contributed by atoms with Crippen molar-refractivity contribution in [3.63, 3.8) is 0 Å². The molecule has 4 nitrogen and oxygen atoms in total. The highest BCUT2D eigenvalue weighted by molar-refractivity contribution is 7.17. The Balaban J connectivity index is 1.72. The highest BCUT2D eigenvalue weighted by Crippen LogP contribution is 2.35. The average Bonchev–Trinajstić information content (AvgIpc) is 3.26. The van der Waals surface area contributed by atoms with Gasteiger partial charge in [-0.15, -0.1) is 11.3 Å². The minimum atomic E-state index is 0.0285. The van der Waals surface area contributed by atoms with E-state index in [1.807, 2.05) is 30.1 Å². The highest BCUT2D eigenvalue weighted by atomic mass is 35.5. The summed E-state index contributed by atoms with van der Waals surface area (Å²) in [5.74, 6) is 1.01. The lowest BCUT2D eigenvalue weighted by atomic mass is 10.2. The maximum atomic E-state index is 12.8. The second-order valence-electron chi connectivity index (χ2n) is 5.78. The van der Waals surface area contributed by atoms with E-state index in [-0.39, 0.29) is 11.9 Å². The van der Waals surface area contributed by atoms with E-state index in [9.17, 15) is 4.79 Å². The van der Waals surface area contributed by atoms with Crippen molar-refractivity contribution < 1.29 is 4.79 Å². The number of hydrogen-bond acceptors (Lipinski definition) is 3. The number of rotatable bonds is 2. The molecule has 1 saturated heterocycles. The van der Waals surface area contributed by atoms with Gasteiger partial charge in [0.25, 0.3) is 5.91 Å². The number of benzene rings is 1. The maximum absolute atomic E-state index is 12.8. The van der Waals surface area contributed by atoms with Crippen LogP contribution < -0.4 is 0 Å².